The molecule has 2 N–H and O–H groups in total. The zero-order valence-corrected chi connectivity index (χ0v) is 10.2. The van der Waals surface area contributed by atoms with Gasteiger partial charge in [-0.05, 0) is 12.1 Å². The average Bonchev–Trinajstić information content (AvgIpc) is 2.82. The Morgan fingerprint density at radius 2 is 2.06 bits per heavy atom. The monoisotopic (exact) mass is 244 g/mol. The van der Waals surface area contributed by atoms with Crippen molar-refractivity contribution in [1.82, 2.24) is 14.3 Å². The van der Waals surface area contributed by atoms with Crippen molar-refractivity contribution < 1.29 is 4.39 Å². The minimum Gasteiger partial charge on any atom is -0.396 e. The largest absolute Gasteiger partial charge is 0.396 e. The summed E-state index contributed by atoms with van der Waals surface area (Å²) in [6, 6.07) is 5.04. The van der Waals surface area contributed by atoms with Gasteiger partial charge < -0.3 is 10.3 Å². The first-order chi connectivity index (χ1) is 8.59. The molecule has 5 heteroatoms. The van der Waals surface area contributed by atoms with E-state index < -0.39 is 0 Å². The second-order valence-corrected chi connectivity index (χ2v) is 4.36. The fourth-order valence-corrected chi connectivity index (χ4v) is 2.36. The highest BCUT2D eigenvalue weighted by molar-refractivity contribution is 5.98. The molecular weight excluding hydrogens is 231 g/mol. The number of aryl methyl sites for hydroxylation is 2. The number of nitrogens with zero attached hydrogens (tertiary/aromatic N) is 3. The predicted octanol–water partition coefficient (Wildman–Crippen LogP) is 2.30. The summed E-state index contributed by atoms with van der Waals surface area (Å²) in [5.74, 6) is -0.247. The number of halogens is 1. The van der Waals surface area contributed by atoms with E-state index in [1.54, 1.807) is 24.0 Å². The predicted molar refractivity (Wildman–Crippen MR) is 69.5 cm³/mol. The van der Waals surface area contributed by atoms with E-state index in [-0.39, 0.29) is 5.82 Å². The molecule has 1 aromatic carbocycles. The molecule has 3 rings (SSSR count). The Morgan fingerprint density at radius 3 is 2.72 bits per heavy atom. The SMILES string of the molecule is Cn1ncc(N)c1-c1cn(C)c2cccc(F)c12. The van der Waals surface area contributed by atoms with E-state index >= 15 is 0 Å². The van der Waals surface area contributed by atoms with Crippen LogP contribution in [0.5, 0.6) is 0 Å². The number of fused-ring (bicyclic) bond motifs is 1. The van der Waals surface area contributed by atoms with E-state index in [2.05, 4.69) is 5.10 Å². The molecule has 2 heterocycles. The van der Waals surface area contributed by atoms with E-state index in [0.717, 1.165) is 16.8 Å². The lowest BCUT2D eigenvalue weighted by Crippen LogP contribution is -1.95. The third-order valence-corrected chi connectivity index (χ3v) is 3.19. The number of nitrogens with two attached hydrogens (primary N) is 1. The van der Waals surface area contributed by atoms with Gasteiger partial charge in [0.1, 0.15) is 5.82 Å². The van der Waals surface area contributed by atoms with Gasteiger partial charge in [-0.25, -0.2) is 4.39 Å². The lowest BCUT2D eigenvalue weighted by atomic mass is 10.1. The highest BCUT2D eigenvalue weighted by atomic mass is 19.1. The standard InChI is InChI=1S/C13H13FN4/c1-17-7-8(13-10(15)6-16-18(13)2)12-9(14)4-3-5-11(12)17/h3-7H,15H2,1-2H3. The third-order valence-electron chi connectivity index (χ3n) is 3.19. The van der Waals surface area contributed by atoms with Crippen molar-refractivity contribution in [3.63, 3.8) is 0 Å². The van der Waals surface area contributed by atoms with Gasteiger partial charge in [0.25, 0.3) is 0 Å². The minimum atomic E-state index is -0.247. The molecule has 0 bridgehead atoms. The Kier molecular flexibility index (Phi) is 2.16. The van der Waals surface area contributed by atoms with Gasteiger partial charge in [0.05, 0.1) is 23.1 Å². The molecule has 0 spiro atoms. The first-order valence-corrected chi connectivity index (χ1v) is 5.61. The molecule has 3 aromatic rings. The average molecular weight is 244 g/mol. The van der Waals surface area contributed by atoms with E-state index in [1.165, 1.54) is 6.07 Å². The molecule has 0 atom stereocenters. The van der Waals surface area contributed by atoms with Crippen molar-refractivity contribution in [3.8, 4) is 11.3 Å². The fraction of sp³-hybridized carbons (Fsp3) is 0.154. The molecule has 0 aliphatic rings. The van der Waals surface area contributed by atoms with Crippen LogP contribution in [0.2, 0.25) is 0 Å². The van der Waals surface area contributed by atoms with Crippen molar-refractivity contribution in [2.45, 2.75) is 0 Å². The van der Waals surface area contributed by atoms with Gasteiger partial charge in [-0.15, -0.1) is 0 Å². The quantitative estimate of drug-likeness (QED) is 0.714. The number of benzene rings is 1. The first-order valence-electron chi connectivity index (χ1n) is 5.61. The number of aromatic nitrogens is 3. The van der Waals surface area contributed by atoms with Crippen LogP contribution in [-0.2, 0) is 14.1 Å². The maximum atomic E-state index is 14.0. The Hall–Kier alpha value is -2.30. The van der Waals surface area contributed by atoms with Crippen LogP contribution in [0.15, 0.2) is 30.6 Å². The Labute approximate surface area is 103 Å². The van der Waals surface area contributed by atoms with Crippen LogP contribution in [0.4, 0.5) is 10.1 Å². The molecule has 2 aromatic heterocycles. The number of anilines is 1. The smallest absolute Gasteiger partial charge is 0.133 e. The number of hydrogen-bond acceptors (Lipinski definition) is 2. The summed E-state index contributed by atoms with van der Waals surface area (Å²) in [5, 5.41) is 4.68. The summed E-state index contributed by atoms with van der Waals surface area (Å²) < 4.78 is 17.6. The summed E-state index contributed by atoms with van der Waals surface area (Å²) in [6.45, 7) is 0. The van der Waals surface area contributed by atoms with Crippen LogP contribution in [0.1, 0.15) is 0 Å². The minimum absolute atomic E-state index is 0.247. The molecule has 0 aliphatic carbocycles. The second-order valence-electron chi connectivity index (χ2n) is 4.36. The number of rotatable bonds is 1. The van der Waals surface area contributed by atoms with E-state index in [9.17, 15) is 4.39 Å². The number of nitrogen functional groups attached to an aromatic ring is 1. The summed E-state index contributed by atoms with van der Waals surface area (Å²) in [5.41, 5.74) is 8.80. The van der Waals surface area contributed by atoms with Crippen molar-refractivity contribution >= 4 is 16.6 Å². The van der Waals surface area contributed by atoms with Gasteiger partial charge in [0.2, 0.25) is 0 Å². The van der Waals surface area contributed by atoms with Crippen LogP contribution in [-0.4, -0.2) is 14.3 Å². The molecule has 0 amide bonds. The fourth-order valence-electron chi connectivity index (χ4n) is 2.36. The molecule has 92 valence electrons. The van der Waals surface area contributed by atoms with Gasteiger partial charge in [-0.2, -0.15) is 5.10 Å². The van der Waals surface area contributed by atoms with Gasteiger partial charge in [-0.3, -0.25) is 4.68 Å². The lowest BCUT2D eigenvalue weighted by Gasteiger charge is -2.02. The van der Waals surface area contributed by atoms with E-state index in [4.69, 9.17) is 5.73 Å². The molecular formula is C13H13FN4. The van der Waals surface area contributed by atoms with Crippen molar-refractivity contribution in [2.24, 2.45) is 14.1 Å². The maximum absolute atomic E-state index is 14.0. The normalized spacial score (nSPS) is 11.3. The zero-order chi connectivity index (χ0) is 12.9. The zero-order valence-electron chi connectivity index (χ0n) is 10.2. The second kappa shape index (κ2) is 3.60. The molecule has 0 aliphatic heterocycles. The van der Waals surface area contributed by atoms with E-state index in [1.807, 2.05) is 23.9 Å². The highest BCUT2D eigenvalue weighted by Gasteiger charge is 2.17. The Morgan fingerprint density at radius 1 is 1.28 bits per heavy atom. The topological polar surface area (TPSA) is 48.8 Å². The van der Waals surface area contributed by atoms with Crippen LogP contribution in [0.25, 0.3) is 22.2 Å². The van der Waals surface area contributed by atoms with Crippen LogP contribution >= 0.6 is 0 Å². The molecule has 0 saturated carbocycles. The van der Waals surface area contributed by atoms with Crippen molar-refractivity contribution in [1.29, 1.82) is 0 Å². The Bertz CT molecular complexity index is 719. The third kappa shape index (κ3) is 1.33. The highest BCUT2D eigenvalue weighted by Crippen LogP contribution is 2.34. The molecule has 0 saturated heterocycles. The van der Waals surface area contributed by atoms with Gasteiger partial charge in [0.15, 0.2) is 0 Å². The van der Waals surface area contributed by atoms with Crippen LogP contribution in [0.3, 0.4) is 0 Å². The Balaban J connectivity index is 2.44. The van der Waals surface area contributed by atoms with Crippen molar-refractivity contribution in [3.05, 3.63) is 36.4 Å². The first kappa shape index (κ1) is 10.8. The summed E-state index contributed by atoms with van der Waals surface area (Å²) >= 11 is 0. The van der Waals surface area contributed by atoms with Crippen molar-refractivity contribution in [2.75, 3.05) is 5.73 Å². The van der Waals surface area contributed by atoms with Gasteiger partial charge >= 0.3 is 0 Å². The number of hydrogen-bond donors (Lipinski definition) is 1. The van der Waals surface area contributed by atoms with Crippen LogP contribution in [0, 0.1) is 5.82 Å². The molecule has 0 radical (unpaired) electrons. The van der Waals surface area contributed by atoms with Gasteiger partial charge in [-0.1, -0.05) is 6.07 Å². The summed E-state index contributed by atoms with van der Waals surface area (Å²) in [4.78, 5) is 0. The summed E-state index contributed by atoms with van der Waals surface area (Å²) in [7, 11) is 3.68. The summed E-state index contributed by atoms with van der Waals surface area (Å²) in [6.07, 6.45) is 3.45. The maximum Gasteiger partial charge on any atom is 0.133 e. The van der Waals surface area contributed by atoms with Gasteiger partial charge in [0, 0.05) is 31.2 Å². The van der Waals surface area contributed by atoms with E-state index in [0.29, 0.717) is 11.1 Å². The molecule has 0 fully saturated rings. The van der Waals surface area contributed by atoms with Crippen LogP contribution < -0.4 is 5.73 Å². The lowest BCUT2D eigenvalue weighted by molar-refractivity contribution is 0.640. The molecule has 0 unspecified atom stereocenters. The molecule has 4 nitrogen and oxygen atoms in total. The molecule has 18 heavy (non-hydrogen) atoms.